The minimum Gasteiger partial charge on any atom is -0.496 e. The van der Waals surface area contributed by atoms with Gasteiger partial charge in [-0.2, -0.15) is 0 Å². The predicted molar refractivity (Wildman–Crippen MR) is 137 cm³/mol. The zero-order valence-electron chi connectivity index (χ0n) is 20.6. The first-order valence-electron chi connectivity index (χ1n) is 10.7. The van der Waals surface area contributed by atoms with Crippen molar-refractivity contribution in [3.63, 3.8) is 0 Å². The highest BCUT2D eigenvalue weighted by molar-refractivity contribution is 8.26. The molecule has 0 amide bonds. The SMILES string of the molecule is COc1cc(/C(C(C)=N)=C(\C)N)ccc1C(=N)SC(=N)N(C)C1CC(C)(C)NC(C)(C)C1. The van der Waals surface area contributed by atoms with Gasteiger partial charge in [-0.3, -0.25) is 10.8 Å². The van der Waals surface area contributed by atoms with Crippen LogP contribution in [0.1, 0.15) is 65.5 Å². The summed E-state index contributed by atoms with van der Waals surface area (Å²) in [7, 11) is 3.51. The lowest BCUT2D eigenvalue weighted by Crippen LogP contribution is -2.62. The van der Waals surface area contributed by atoms with Gasteiger partial charge in [0.1, 0.15) is 10.8 Å². The van der Waals surface area contributed by atoms with Crippen LogP contribution in [0.5, 0.6) is 5.75 Å². The topological polar surface area (TPSA) is 122 Å². The molecule has 0 saturated carbocycles. The lowest BCUT2D eigenvalue weighted by Gasteiger charge is -2.49. The van der Waals surface area contributed by atoms with Gasteiger partial charge in [0, 0.05) is 46.7 Å². The Labute approximate surface area is 196 Å². The van der Waals surface area contributed by atoms with Crippen LogP contribution in [0.15, 0.2) is 23.9 Å². The summed E-state index contributed by atoms with van der Waals surface area (Å²) in [6.45, 7) is 12.3. The zero-order chi connectivity index (χ0) is 24.4. The number of piperidine rings is 1. The zero-order valence-corrected chi connectivity index (χ0v) is 21.4. The van der Waals surface area contributed by atoms with Gasteiger partial charge in [-0.15, -0.1) is 0 Å². The van der Waals surface area contributed by atoms with Gasteiger partial charge in [-0.25, -0.2) is 0 Å². The third-order valence-electron chi connectivity index (χ3n) is 5.74. The van der Waals surface area contributed by atoms with E-state index in [0.717, 1.165) is 30.2 Å². The summed E-state index contributed by atoms with van der Waals surface area (Å²) in [5.74, 6) is 0.527. The molecule has 32 heavy (non-hydrogen) atoms. The van der Waals surface area contributed by atoms with Gasteiger partial charge in [0.2, 0.25) is 0 Å². The molecule has 0 spiro atoms. The molecule has 0 radical (unpaired) electrons. The number of nitrogens with one attached hydrogen (secondary N) is 4. The molecule has 1 aromatic carbocycles. The third kappa shape index (κ3) is 6.13. The molecule has 8 heteroatoms. The van der Waals surface area contributed by atoms with Gasteiger partial charge < -0.3 is 26.1 Å². The fraction of sp³-hybridized carbons (Fsp3) is 0.542. The van der Waals surface area contributed by atoms with Gasteiger partial charge >= 0.3 is 0 Å². The second-order valence-electron chi connectivity index (χ2n) is 9.90. The first kappa shape index (κ1) is 25.9. The van der Waals surface area contributed by atoms with Crippen molar-refractivity contribution >= 4 is 33.3 Å². The number of methoxy groups -OCH3 is 1. The van der Waals surface area contributed by atoms with Crippen LogP contribution in [0.4, 0.5) is 0 Å². The second kappa shape index (κ2) is 9.67. The fourth-order valence-corrected chi connectivity index (χ4v) is 5.47. The van der Waals surface area contributed by atoms with Crippen LogP contribution in [0.3, 0.4) is 0 Å². The number of amidine groups is 1. The molecule has 7 nitrogen and oxygen atoms in total. The minimum atomic E-state index is -0.0163. The van der Waals surface area contributed by atoms with Crippen molar-refractivity contribution in [3.8, 4) is 5.75 Å². The maximum absolute atomic E-state index is 8.65. The van der Waals surface area contributed by atoms with Gasteiger partial charge in [-0.05, 0) is 83.8 Å². The summed E-state index contributed by atoms with van der Waals surface area (Å²) in [6.07, 6.45) is 1.86. The van der Waals surface area contributed by atoms with Crippen LogP contribution >= 0.6 is 11.8 Å². The second-order valence-corrected chi connectivity index (χ2v) is 10.9. The molecule has 6 N–H and O–H groups in total. The van der Waals surface area contributed by atoms with E-state index in [1.807, 2.05) is 18.0 Å². The van der Waals surface area contributed by atoms with Crippen LogP contribution in [-0.2, 0) is 0 Å². The summed E-state index contributed by atoms with van der Waals surface area (Å²) in [4.78, 5) is 1.99. The number of nitrogens with zero attached hydrogens (tertiary/aromatic N) is 1. The van der Waals surface area contributed by atoms with Crippen molar-refractivity contribution in [2.75, 3.05) is 14.2 Å². The first-order valence-corrected chi connectivity index (χ1v) is 11.6. The van der Waals surface area contributed by atoms with Gasteiger partial charge in [0.05, 0.1) is 7.11 Å². The lowest BCUT2D eigenvalue weighted by atomic mass is 9.79. The Morgan fingerprint density at radius 1 is 1.12 bits per heavy atom. The smallest absolute Gasteiger partial charge is 0.162 e. The Morgan fingerprint density at radius 3 is 2.16 bits per heavy atom. The van der Waals surface area contributed by atoms with Crippen molar-refractivity contribution in [2.24, 2.45) is 5.73 Å². The molecule has 1 aliphatic rings. The molecule has 0 unspecified atom stereocenters. The molecule has 1 aromatic rings. The molecular formula is C24H38N6OS. The number of ether oxygens (including phenoxy) is 1. The van der Waals surface area contributed by atoms with Crippen molar-refractivity contribution < 1.29 is 4.74 Å². The molecule has 1 heterocycles. The van der Waals surface area contributed by atoms with E-state index in [2.05, 4.69) is 33.0 Å². The van der Waals surface area contributed by atoms with E-state index in [4.69, 9.17) is 26.7 Å². The van der Waals surface area contributed by atoms with Crippen LogP contribution in [0.2, 0.25) is 0 Å². The number of rotatable bonds is 5. The Bertz CT molecular complexity index is 930. The van der Waals surface area contributed by atoms with E-state index in [0.29, 0.717) is 33.5 Å². The average molecular weight is 459 g/mol. The first-order chi connectivity index (χ1) is 14.7. The Morgan fingerprint density at radius 2 is 1.69 bits per heavy atom. The van der Waals surface area contributed by atoms with E-state index in [9.17, 15) is 0 Å². The molecule has 1 fully saturated rings. The summed E-state index contributed by atoms with van der Waals surface area (Å²) < 4.78 is 5.55. The number of hydrogen-bond donors (Lipinski definition) is 5. The van der Waals surface area contributed by atoms with Crippen LogP contribution in [0, 0.1) is 16.2 Å². The standard InChI is InChI=1S/C24H38N6OS/c1-14(25)20(15(2)26)16-9-10-18(19(11-16)31-8)21(27)32-22(28)30(7)17-12-23(3,4)29-24(5,6)13-17/h9-11,17,25,27-29H,12-13,26H2,1-8H3/b20-15+,25-14?,27-21?,28-22?. The van der Waals surface area contributed by atoms with E-state index in [1.165, 1.54) is 0 Å². The number of allylic oxidation sites excluding steroid dienone is 2. The average Bonchev–Trinajstić information content (AvgIpc) is 2.63. The summed E-state index contributed by atoms with van der Waals surface area (Å²) >= 11 is 1.12. The highest BCUT2D eigenvalue weighted by Crippen LogP contribution is 2.33. The lowest BCUT2D eigenvalue weighted by molar-refractivity contribution is 0.114. The van der Waals surface area contributed by atoms with Gasteiger partial charge in [0.15, 0.2) is 5.17 Å². The maximum Gasteiger partial charge on any atom is 0.162 e. The van der Waals surface area contributed by atoms with Gasteiger partial charge in [-0.1, -0.05) is 6.07 Å². The van der Waals surface area contributed by atoms with Crippen LogP contribution in [-0.4, -0.2) is 52.1 Å². The Kier molecular flexibility index (Phi) is 7.83. The monoisotopic (exact) mass is 458 g/mol. The number of thioether (sulfide) groups is 1. The van der Waals surface area contributed by atoms with E-state index in [1.54, 1.807) is 33.1 Å². The molecule has 0 atom stereocenters. The van der Waals surface area contributed by atoms with E-state index >= 15 is 0 Å². The van der Waals surface area contributed by atoms with E-state index < -0.39 is 0 Å². The number of nitrogens with two attached hydrogens (primary N) is 1. The molecule has 1 aliphatic heterocycles. The molecule has 0 aromatic heterocycles. The molecule has 2 rings (SSSR count). The molecule has 176 valence electrons. The fourth-order valence-electron chi connectivity index (χ4n) is 4.71. The highest BCUT2D eigenvalue weighted by atomic mass is 32.2. The Balaban J connectivity index is 2.22. The predicted octanol–water partition coefficient (Wildman–Crippen LogP) is 4.66. The maximum atomic E-state index is 8.65. The quantitative estimate of drug-likeness (QED) is 0.324. The molecule has 0 aliphatic carbocycles. The van der Waals surface area contributed by atoms with Crippen molar-refractivity contribution in [1.29, 1.82) is 16.2 Å². The van der Waals surface area contributed by atoms with Crippen LogP contribution < -0.4 is 15.8 Å². The molecule has 0 bridgehead atoms. The highest BCUT2D eigenvalue weighted by Gasteiger charge is 2.39. The summed E-state index contributed by atoms with van der Waals surface area (Å²) in [6, 6.07) is 5.68. The third-order valence-corrected chi connectivity index (χ3v) is 6.64. The molecule has 1 saturated heterocycles. The largest absolute Gasteiger partial charge is 0.496 e. The summed E-state index contributed by atoms with van der Waals surface area (Å²) in [5.41, 5.74) is 8.94. The van der Waals surface area contributed by atoms with Crippen molar-refractivity contribution in [1.82, 2.24) is 10.2 Å². The van der Waals surface area contributed by atoms with Crippen molar-refractivity contribution in [2.45, 2.75) is 71.5 Å². The normalized spacial score (nSPS) is 18.5. The van der Waals surface area contributed by atoms with E-state index in [-0.39, 0.29) is 22.2 Å². The van der Waals surface area contributed by atoms with Crippen LogP contribution in [0.25, 0.3) is 5.57 Å². The molecular weight excluding hydrogens is 420 g/mol. The van der Waals surface area contributed by atoms with Crippen molar-refractivity contribution in [3.05, 3.63) is 35.0 Å². The van der Waals surface area contributed by atoms with Gasteiger partial charge in [0.25, 0.3) is 0 Å². The summed E-state index contributed by atoms with van der Waals surface area (Å²) in [5, 5.41) is 29.6. The number of hydrogen-bond acceptors (Lipinski definition) is 7. The number of benzene rings is 1. The Hall–Kier alpha value is -2.32. The minimum absolute atomic E-state index is 0.0163.